The molecule has 1 aliphatic carbocycles. The zero-order valence-corrected chi connectivity index (χ0v) is 14.1. The minimum atomic E-state index is -0.173. The second kappa shape index (κ2) is 4.73. The first-order valence-corrected chi connectivity index (χ1v) is 8.79. The van der Waals surface area contributed by atoms with Crippen LogP contribution in [0.15, 0.2) is 47.2 Å². The Balaban J connectivity index is 1.82. The van der Waals surface area contributed by atoms with Gasteiger partial charge in [0.05, 0.1) is 18.1 Å². The molecule has 0 saturated carbocycles. The predicted octanol–water partition coefficient (Wildman–Crippen LogP) is 2.83. The minimum absolute atomic E-state index is 0.0596. The van der Waals surface area contributed by atoms with Crippen LogP contribution in [0.4, 0.5) is 5.69 Å². The summed E-state index contributed by atoms with van der Waals surface area (Å²) in [4.78, 5) is 15.3. The Morgan fingerprint density at radius 3 is 3.04 bits per heavy atom. The quantitative estimate of drug-likeness (QED) is 0.638. The molecule has 3 atom stereocenters. The van der Waals surface area contributed by atoms with Gasteiger partial charge in [-0.2, -0.15) is 0 Å². The van der Waals surface area contributed by atoms with Crippen molar-refractivity contribution in [3.63, 3.8) is 0 Å². The fourth-order valence-electron chi connectivity index (χ4n) is 5.61. The van der Waals surface area contributed by atoms with E-state index in [1.807, 2.05) is 0 Å². The van der Waals surface area contributed by atoms with Gasteiger partial charge in [-0.15, -0.1) is 0 Å². The third-order valence-electron chi connectivity index (χ3n) is 6.60. The van der Waals surface area contributed by atoms with Crippen molar-refractivity contribution in [2.24, 2.45) is 5.92 Å². The van der Waals surface area contributed by atoms with Crippen LogP contribution >= 0.6 is 0 Å². The van der Waals surface area contributed by atoms with Crippen LogP contribution in [0.25, 0.3) is 0 Å². The van der Waals surface area contributed by atoms with Crippen LogP contribution in [0, 0.1) is 5.92 Å². The van der Waals surface area contributed by atoms with Gasteiger partial charge in [0.2, 0.25) is 0 Å². The van der Waals surface area contributed by atoms with Gasteiger partial charge in [-0.3, -0.25) is 4.90 Å². The maximum atomic E-state index is 12.7. The van der Waals surface area contributed by atoms with Crippen molar-refractivity contribution in [2.45, 2.75) is 31.2 Å². The number of piperidine rings is 1. The summed E-state index contributed by atoms with van der Waals surface area (Å²) in [6.45, 7) is 4.15. The molecule has 2 bridgehead atoms. The van der Waals surface area contributed by atoms with Crippen LogP contribution in [0.1, 0.15) is 25.3 Å². The van der Waals surface area contributed by atoms with Gasteiger partial charge in [0.25, 0.3) is 0 Å². The number of hydrogen-bond acceptors (Lipinski definition) is 4. The van der Waals surface area contributed by atoms with Crippen molar-refractivity contribution < 1.29 is 9.53 Å². The fourth-order valence-corrected chi connectivity index (χ4v) is 5.61. The van der Waals surface area contributed by atoms with Crippen LogP contribution in [-0.2, 0) is 14.9 Å². The van der Waals surface area contributed by atoms with Crippen LogP contribution in [0.5, 0.6) is 0 Å². The lowest BCUT2D eigenvalue weighted by molar-refractivity contribution is -0.137. The number of carbonyl (C=O) groups is 1. The van der Waals surface area contributed by atoms with Crippen LogP contribution in [0.2, 0.25) is 0 Å². The van der Waals surface area contributed by atoms with Crippen molar-refractivity contribution in [3.05, 3.63) is 52.7 Å². The van der Waals surface area contributed by atoms with Crippen LogP contribution in [0.3, 0.4) is 0 Å². The normalized spacial score (nSPS) is 34.8. The smallest absolute Gasteiger partial charge is 0.336 e. The predicted molar refractivity (Wildman–Crippen MR) is 92.6 cm³/mol. The Bertz CT molecular complexity index is 810. The number of nitrogens with one attached hydrogen (secondary N) is 1. The molecular formula is C20H22N2O2. The molecule has 5 rings (SSSR count). The highest BCUT2D eigenvalue weighted by Crippen LogP contribution is 2.61. The van der Waals surface area contributed by atoms with Gasteiger partial charge < -0.3 is 10.1 Å². The van der Waals surface area contributed by atoms with Crippen molar-refractivity contribution in [1.29, 1.82) is 0 Å². The van der Waals surface area contributed by atoms with Gasteiger partial charge in [-0.1, -0.05) is 29.8 Å². The Morgan fingerprint density at radius 2 is 2.25 bits per heavy atom. The average molecular weight is 322 g/mol. The molecule has 1 aromatic rings. The van der Waals surface area contributed by atoms with Crippen molar-refractivity contribution >= 4 is 11.7 Å². The summed E-state index contributed by atoms with van der Waals surface area (Å²) in [7, 11) is 1.50. The van der Waals surface area contributed by atoms with E-state index >= 15 is 0 Å². The van der Waals surface area contributed by atoms with Crippen molar-refractivity contribution in [2.75, 3.05) is 25.5 Å². The number of nitrogens with zero attached hydrogens (tertiary/aromatic N) is 1. The van der Waals surface area contributed by atoms with Gasteiger partial charge >= 0.3 is 5.97 Å². The zero-order chi connectivity index (χ0) is 16.5. The van der Waals surface area contributed by atoms with Gasteiger partial charge in [-0.25, -0.2) is 4.79 Å². The zero-order valence-electron chi connectivity index (χ0n) is 14.1. The minimum Gasteiger partial charge on any atom is -0.466 e. The second-order valence-corrected chi connectivity index (χ2v) is 7.31. The Hall–Kier alpha value is -2.07. The van der Waals surface area contributed by atoms with Crippen LogP contribution < -0.4 is 5.32 Å². The third-order valence-corrected chi connectivity index (χ3v) is 6.60. The van der Waals surface area contributed by atoms with E-state index in [0.29, 0.717) is 6.04 Å². The van der Waals surface area contributed by atoms with E-state index < -0.39 is 0 Å². The van der Waals surface area contributed by atoms with Crippen molar-refractivity contribution in [1.82, 2.24) is 4.90 Å². The van der Waals surface area contributed by atoms with E-state index in [1.54, 1.807) is 0 Å². The summed E-state index contributed by atoms with van der Waals surface area (Å²) in [6, 6.07) is 9.03. The lowest BCUT2D eigenvalue weighted by atomic mass is 9.62. The first-order chi connectivity index (χ1) is 11.7. The van der Waals surface area contributed by atoms with Gasteiger partial charge in [0.15, 0.2) is 0 Å². The highest BCUT2D eigenvalue weighted by atomic mass is 16.5. The van der Waals surface area contributed by atoms with E-state index in [1.165, 1.54) is 18.2 Å². The first kappa shape index (κ1) is 14.3. The molecular weight excluding hydrogens is 300 g/mol. The second-order valence-electron chi connectivity index (χ2n) is 7.31. The van der Waals surface area contributed by atoms with Crippen LogP contribution in [-0.4, -0.2) is 37.1 Å². The lowest BCUT2D eigenvalue weighted by Crippen LogP contribution is -2.53. The molecule has 3 heterocycles. The molecule has 1 spiro atoms. The molecule has 0 aromatic heterocycles. The topological polar surface area (TPSA) is 41.6 Å². The van der Waals surface area contributed by atoms with E-state index in [0.717, 1.165) is 42.9 Å². The number of ether oxygens (including phenoxy) is 1. The molecule has 2 saturated heterocycles. The Labute approximate surface area is 142 Å². The summed E-state index contributed by atoms with van der Waals surface area (Å²) < 4.78 is 5.21. The molecule has 1 N–H and O–H groups in total. The first-order valence-electron chi connectivity index (χ1n) is 8.79. The highest BCUT2D eigenvalue weighted by Gasteiger charge is 2.62. The summed E-state index contributed by atoms with van der Waals surface area (Å²) in [6.07, 6.45) is 4.28. The monoisotopic (exact) mass is 322 g/mol. The van der Waals surface area contributed by atoms with E-state index in [-0.39, 0.29) is 17.3 Å². The summed E-state index contributed by atoms with van der Waals surface area (Å²) in [5.74, 6) is 0.0135. The highest BCUT2D eigenvalue weighted by molar-refractivity contribution is 5.94. The molecule has 2 fully saturated rings. The van der Waals surface area contributed by atoms with Gasteiger partial charge in [-0.05, 0) is 31.4 Å². The number of benzene rings is 1. The molecule has 0 amide bonds. The summed E-state index contributed by atoms with van der Waals surface area (Å²) in [5, 5.41) is 3.62. The molecule has 4 aliphatic rings. The third kappa shape index (κ3) is 1.50. The number of allylic oxidation sites excluding steroid dienone is 1. The number of anilines is 1. The molecule has 1 aromatic carbocycles. The van der Waals surface area contributed by atoms with E-state index in [4.69, 9.17) is 4.74 Å². The number of para-hydroxylation sites is 1. The van der Waals surface area contributed by atoms with Crippen molar-refractivity contribution in [3.8, 4) is 0 Å². The average Bonchev–Trinajstić information content (AvgIpc) is 3.17. The van der Waals surface area contributed by atoms with E-state index in [9.17, 15) is 4.79 Å². The number of fused-ring (bicyclic) bond motifs is 2. The molecule has 124 valence electrons. The molecule has 3 aliphatic heterocycles. The number of methoxy groups -OCH3 is 1. The Morgan fingerprint density at radius 1 is 1.42 bits per heavy atom. The molecule has 0 radical (unpaired) electrons. The number of esters is 1. The molecule has 4 heteroatoms. The van der Waals surface area contributed by atoms with Gasteiger partial charge in [0, 0.05) is 36.4 Å². The molecule has 2 unspecified atom stereocenters. The maximum absolute atomic E-state index is 12.7. The summed E-state index contributed by atoms with van der Waals surface area (Å²) >= 11 is 0. The van der Waals surface area contributed by atoms with E-state index in [2.05, 4.69) is 47.5 Å². The van der Waals surface area contributed by atoms with Gasteiger partial charge in [0.1, 0.15) is 0 Å². The standard InChI is InChI=1S/C20H22N2O2/c1-3-12-11-22-9-8-20-14-6-4-5-7-15(14)21-18(20)17(19(23)24-2)13(12)10-16(20)22/h3-7,13,16,21H,8-11H2,1-2H3/b12-3+/t13-,16?,20?/m0/s1. The molecule has 4 nitrogen and oxygen atoms in total. The lowest BCUT2D eigenvalue weighted by Gasteiger charge is -2.48. The maximum Gasteiger partial charge on any atom is 0.336 e. The molecule has 24 heavy (non-hydrogen) atoms. The number of hydrogen-bond donors (Lipinski definition) is 1. The Kier molecular flexibility index (Phi) is 2.82. The largest absolute Gasteiger partial charge is 0.466 e. The summed E-state index contributed by atoms with van der Waals surface area (Å²) in [5.41, 5.74) is 5.78. The fraction of sp³-hybridized carbons (Fsp3) is 0.450. The number of rotatable bonds is 1. The SMILES string of the molecule is C/C=C1\CN2CCC34C(=C(C(=O)OC)[C@H]1CC23)Nc1ccccc14. The number of carbonyl (C=O) groups excluding carboxylic acids is 1.